The van der Waals surface area contributed by atoms with Gasteiger partial charge < -0.3 is 11.1 Å². The Morgan fingerprint density at radius 2 is 2.18 bits per heavy atom. The standard InChI is InChI=1S/C12H18N2O2S/c1-4-14-12(15)9(3)17(16)11-7-5-6-10(13)8(11)2/h5-7,9H,4,13H2,1-3H3,(H,14,15). The maximum atomic E-state index is 12.2. The fourth-order valence-electron chi connectivity index (χ4n) is 1.46. The molecule has 0 saturated carbocycles. The normalized spacial score (nSPS) is 14.1. The fraction of sp³-hybridized carbons (Fsp3) is 0.417. The monoisotopic (exact) mass is 254 g/mol. The zero-order chi connectivity index (χ0) is 13.0. The smallest absolute Gasteiger partial charge is 0.235 e. The number of rotatable bonds is 4. The molecule has 0 fully saturated rings. The first-order valence-corrected chi connectivity index (χ1v) is 6.73. The van der Waals surface area contributed by atoms with E-state index in [-0.39, 0.29) is 5.91 Å². The molecule has 0 aliphatic heterocycles. The lowest BCUT2D eigenvalue weighted by molar-refractivity contribution is -0.120. The Balaban J connectivity index is 2.97. The van der Waals surface area contributed by atoms with Crippen molar-refractivity contribution in [2.45, 2.75) is 30.9 Å². The third kappa shape index (κ3) is 3.06. The summed E-state index contributed by atoms with van der Waals surface area (Å²) in [4.78, 5) is 12.2. The minimum Gasteiger partial charge on any atom is -0.398 e. The molecule has 1 rings (SSSR count). The molecule has 0 radical (unpaired) electrons. The molecular weight excluding hydrogens is 236 g/mol. The average molecular weight is 254 g/mol. The Bertz CT molecular complexity index is 446. The molecule has 17 heavy (non-hydrogen) atoms. The van der Waals surface area contributed by atoms with Crippen molar-refractivity contribution < 1.29 is 9.00 Å². The van der Waals surface area contributed by atoms with Crippen LogP contribution in [-0.2, 0) is 15.6 Å². The highest BCUT2D eigenvalue weighted by Gasteiger charge is 2.22. The minimum absolute atomic E-state index is 0.201. The van der Waals surface area contributed by atoms with Crippen molar-refractivity contribution in [2.24, 2.45) is 0 Å². The van der Waals surface area contributed by atoms with Crippen LogP contribution in [0.1, 0.15) is 19.4 Å². The summed E-state index contributed by atoms with van der Waals surface area (Å²) in [6.07, 6.45) is 0. The molecule has 2 atom stereocenters. The van der Waals surface area contributed by atoms with Crippen LogP contribution in [0.3, 0.4) is 0 Å². The second kappa shape index (κ2) is 5.82. The van der Waals surface area contributed by atoms with Crippen LogP contribution in [0, 0.1) is 6.92 Å². The van der Waals surface area contributed by atoms with Gasteiger partial charge in [0.25, 0.3) is 0 Å². The predicted octanol–water partition coefficient (Wildman–Crippen LogP) is 1.21. The number of amides is 1. The molecule has 1 aromatic carbocycles. The van der Waals surface area contributed by atoms with Crippen molar-refractivity contribution in [1.29, 1.82) is 0 Å². The van der Waals surface area contributed by atoms with Gasteiger partial charge in [-0.25, -0.2) is 0 Å². The molecule has 1 amide bonds. The van der Waals surface area contributed by atoms with E-state index in [1.54, 1.807) is 25.1 Å². The number of anilines is 1. The van der Waals surface area contributed by atoms with Crippen LogP contribution in [0.15, 0.2) is 23.1 Å². The molecule has 0 aromatic heterocycles. The van der Waals surface area contributed by atoms with Crippen LogP contribution in [0.4, 0.5) is 5.69 Å². The van der Waals surface area contributed by atoms with E-state index in [2.05, 4.69) is 5.32 Å². The van der Waals surface area contributed by atoms with Gasteiger partial charge in [0.1, 0.15) is 5.25 Å². The Morgan fingerprint density at radius 3 is 2.76 bits per heavy atom. The Morgan fingerprint density at radius 1 is 1.53 bits per heavy atom. The van der Waals surface area contributed by atoms with Crippen molar-refractivity contribution >= 4 is 22.4 Å². The van der Waals surface area contributed by atoms with Crippen LogP contribution < -0.4 is 11.1 Å². The molecule has 0 aliphatic rings. The topological polar surface area (TPSA) is 72.2 Å². The van der Waals surface area contributed by atoms with Crippen LogP contribution in [-0.4, -0.2) is 21.9 Å². The van der Waals surface area contributed by atoms with Crippen LogP contribution in [0.5, 0.6) is 0 Å². The van der Waals surface area contributed by atoms with E-state index in [0.717, 1.165) is 5.56 Å². The minimum atomic E-state index is -1.37. The fourth-order valence-corrected chi connectivity index (χ4v) is 2.75. The van der Waals surface area contributed by atoms with Gasteiger partial charge in [-0.2, -0.15) is 0 Å². The summed E-state index contributed by atoms with van der Waals surface area (Å²) in [6.45, 7) is 5.84. The number of benzene rings is 1. The summed E-state index contributed by atoms with van der Waals surface area (Å²) in [7, 11) is -1.37. The highest BCUT2D eigenvalue weighted by Crippen LogP contribution is 2.21. The van der Waals surface area contributed by atoms with E-state index >= 15 is 0 Å². The molecule has 0 heterocycles. The first kappa shape index (κ1) is 13.7. The van der Waals surface area contributed by atoms with Crippen LogP contribution in [0.2, 0.25) is 0 Å². The van der Waals surface area contributed by atoms with Gasteiger partial charge in [0.15, 0.2) is 0 Å². The highest BCUT2D eigenvalue weighted by atomic mass is 32.2. The summed E-state index contributed by atoms with van der Waals surface area (Å²) in [5.41, 5.74) is 7.13. The Labute approximate surface area is 104 Å². The lowest BCUT2D eigenvalue weighted by Gasteiger charge is -2.13. The zero-order valence-electron chi connectivity index (χ0n) is 10.3. The van der Waals surface area contributed by atoms with E-state index in [0.29, 0.717) is 17.1 Å². The number of nitrogen functional groups attached to an aromatic ring is 1. The number of carbonyl (C=O) groups excluding carboxylic acids is 1. The summed E-state index contributed by atoms with van der Waals surface area (Å²) < 4.78 is 12.2. The largest absolute Gasteiger partial charge is 0.398 e. The maximum absolute atomic E-state index is 12.2. The van der Waals surface area contributed by atoms with Gasteiger partial charge >= 0.3 is 0 Å². The van der Waals surface area contributed by atoms with E-state index in [1.165, 1.54) is 0 Å². The van der Waals surface area contributed by atoms with Crippen LogP contribution >= 0.6 is 0 Å². The van der Waals surface area contributed by atoms with E-state index < -0.39 is 16.0 Å². The summed E-state index contributed by atoms with van der Waals surface area (Å²) >= 11 is 0. The number of nitrogens with one attached hydrogen (secondary N) is 1. The van der Waals surface area contributed by atoms with E-state index in [1.807, 2.05) is 13.8 Å². The number of hydrogen-bond donors (Lipinski definition) is 2. The Kier molecular flexibility index (Phi) is 4.69. The SMILES string of the molecule is CCNC(=O)C(C)S(=O)c1cccc(N)c1C. The predicted molar refractivity (Wildman–Crippen MR) is 70.1 cm³/mol. The summed E-state index contributed by atoms with van der Waals surface area (Å²) in [6, 6.07) is 5.25. The van der Waals surface area contributed by atoms with Gasteiger partial charge in [0.05, 0.1) is 10.8 Å². The van der Waals surface area contributed by atoms with Crippen molar-refractivity contribution in [3.63, 3.8) is 0 Å². The van der Waals surface area contributed by atoms with Gasteiger partial charge in [-0.3, -0.25) is 9.00 Å². The summed E-state index contributed by atoms with van der Waals surface area (Å²) in [5.74, 6) is -0.201. The third-order valence-electron chi connectivity index (χ3n) is 2.58. The molecule has 94 valence electrons. The molecule has 0 saturated heterocycles. The molecular formula is C12H18N2O2S. The quantitative estimate of drug-likeness (QED) is 0.793. The summed E-state index contributed by atoms with van der Waals surface area (Å²) in [5, 5.41) is 2.09. The third-order valence-corrected chi connectivity index (χ3v) is 4.32. The lowest BCUT2D eigenvalue weighted by Crippen LogP contribution is -2.35. The van der Waals surface area contributed by atoms with E-state index in [4.69, 9.17) is 5.73 Å². The van der Waals surface area contributed by atoms with Crippen molar-refractivity contribution in [3.8, 4) is 0 Å². The van der Waals surface area contributed by atoms with Crippen molar-refractivity contribution in [3.05, 3.63) is 23.8 Å². The second-order valence-electron chi connectivity index (χ2n) is 3.80. The molecule has 5 heteroatoms. The maximum Gasteiger partial charge on any atom is 0.235 e. The first-order valence-electron chi connectivity index (χ1n) is 5.52. The molecule has 3 N–H and O–H groups in total. The van der Waals surface area contributed by atoms with Crippen molar-refractivity contribution in [2.75, 3.05) is 12.3 Å². The van der Waals surface area contributed by atoms with Gasteiger partial charge in [-0.05, 0) is 38.5 Å². The molecule has 0 aliphatic carbocycles. The average Bonchev–Trinajstić information content (AvgIpc) is 2.31. The zero-order valence-corrected chi connectivity index (χ0v) is 11.1. The lowest BCUT2D eigenvalue weighted by atomic mass is 10.2. The van der Waals surface area contributed by atoms with Crippen molar-refractivity contribution in [1.82, 2.24) is 5.32 Å². The molecule has 0 spiro atoms. The highest BCUT2D eigenvalue weighted by molar-refractivity contribution is 7.86. The number of nitrogens with two attached hydrogens (primary N) is 1. The molecule has 0 bridgehead atoms. The van der Waals surface area contributed by atoms with Gasteiger partial charge in [0.2, 0.25) is 5.91 Å². The molecule has 1 aromatic rings. The number of hydrogen-bond acceptors (Lipinski definition) is 3. The van der Waals surface area contributed by atoms with Gasteiger partial charge in [-0.1, -0.05) is 6.07 Å². The van der Waals surface area contributed by atoms with Gasteiger partial charge in [-0.15, -0.1) is 0 Å². The van der Waals surface area contributed by atoms with Crippen LogP contribution in [0.25, 0.3) is 0 Å². The second-order valence-corrected chi connectivity index (χ2v) is 5.55. The number of carbonyl (C=O) groups is 1. The van der Waals surface area contributed by atoms with Gasteiger partial charge in [0, 0.05) is 17.1 Å². The Hall–Kier alpha value is -1.36. The molecule has 2 unspecified atom stereocenters. The van der Waals surface area contributed by atoms with E-state index in [9.17, 15) is 9.00 Å². The molecule has 4 nitrogen and oxygen atoms in total. The first-order chi connectivity index (χ1) is 7.99.